The molecule has 0 heterocycles. The molecular formula is C12H19N3O. The van der Waals surface area contributed by atoms with Crippen LogP contribution in [0.4, 0.5) is 5.69 Å². The van der Waals surface area contributed by atoms with Gasteiger partial charge in [-0.2, -0.15) is 0 Å². The Balaban J connectivity index is 2.76. The van der Waals surface area contributed by atoms with Crippen LogP contribution >= 0.6 is 0 Å². The van der Waals surface area contributed by atoms with Gasteiger partial charge in [0, 0.05) is 18.8 Å². The zero-order valence-electron chi connectivity index (χ0n) is 9.89. The molecule has 1 rings (SSSR count). The van der Waals surface area contributed by atoms with E-state index >= 15 is 0 Å². The maximum absolute atomic E-state index is 11.7. The third kappa shape index (κ3) is 3.64. The summed E-state index contributed by atoms with van der Waals surface area (Å²) in [6, 6.07) is 9.61. The molecule has 0 spiro atoms. The van der Waals surface area contributed by atoms with E-state index in [4.69, 9.17) is 5.73 Å². The highest BCUT2D eigenvalue weighted by Crippen LogP contribution is 2.12. The van der Waals surface area contributed by atoms with Crippen LogP contribution in [0.5, 0.6) is 0 Å². The van der Waals surface area contributed by atoms with Crippen LogP contribution in [0.1, 0.15) is 0 Å². The Morgan fingerprint density at radius 3 is 2.31 bits per heavy atom. The molecule has 0 unspecified atom stereocenters. The van der Waals surface area contributed by atoms with Crippen LogP contribution in [0.3, 0.4) is 0 Å². The fourth-order valence-electron chi connectivity index (χ4n) is 1.42. The normalized spacial score (nSPS) is 10.5. The smallest absolute Gasteiger partial charge is 0.240 e. The summed E-state index contributed by atoms with van der Waals surface area (Å²) < 4.78 is 0. The van der Waals surface area contributed by atoms with E-state index in [0.717, 1.165) is 12.2 Å². The maximum atomic E-state index is 11.7. The Morgan fingerprint density at radius 1 is 1.19 bits per heavy atom. The van der Waals surface area contributed by atoms with Gasteiger partial charge in [0.2, 0.25) is 5.91 Å². The van der Waals surface area contributed by atoms with Gasteiger partial charge in [0.1, 0.15) is 0 Å². The summed E-state index contributed by atoms with van der Waals surface area (Å²) in [5.74, 6) is -0.0481. The lowest BCUT2D eigenvalue weighted by atomic mass is 10.2. The number of hydrogen-bond donors (Lipinski definition) is 1. The van der Waals surface area contributed by atoms with E-state index in [0.29, 0.717) is 6.54 Å². The summed E-state index contributed by atoms with van der Waals surface area (Å²) in [6.07, 6.45) is 0. The van der Waals surface area contributed by atoms with Crippen molar-refractivity contribution in [2.45, 2.75) is 0 Å². The second kappa shape index (κ2) is 6.25. The molecule has 2 N–H and O–H groups in total. The van der Waals surface area contributed by atoms with Crippen LogP contribution in [0.25, 0.3) is 0 Å². The second-order valence-electron chi connectivity index (χ2n) is 3.89. The monoisotopic (exact) mass is 221 g/mol. The molecule has 0 aromatic heterocycles. The van der Waals surface area contributed by atoms with E-state index in [9.17, 15) is 4.79 Å². The Morgan fingerprint density at radius 2 is 1.81 bits per heavy atom. The summed E-state index contributed by atoms with van der Waals surface area (Å²) in [5.41, 5.74) is 6.31. The van der Waals surface area contributed by atoms with E-state index < -0.39 is 0 Å². The predicted octanol–water partition coefficient (Wildman–Crippen LogP) is 0.540. The van der Waals surface area contributed by atoms with Gasteiger partial charge in [0.25, 0.3) is 0 Å². The number of hydrogen-bond acceptors (Lipinski definition) is 3. The average molecular weight is 221 g/mol. The Hall–Kier alpha value is -1.39. The standard InChI is InChI=1S/C12H19N3O/c1-14(2)8-9-15(12(16)10-13)11-6-4-3-5-7-11/h3-7H,8-10,13H2,1-2H3. The highest BCUT2D eigenvalue weighted by atomic mass is 16.2. The molecule has 0 radical (unpaired) electrons. The molecule has 1 aromatic carbocycles. The fraction of sp³-hybridized carbons (Fsp3) is 0.417. The van der Waals surface area contributed by atoms with Crippen LogP contribution in [-0.2, 0) is 4.79 Å². The quantitative estimate of drug-likeness (QED) is 0.789. The van der Waals surface area contributed by atoms with Gasteiger partial charge in [-0.15, -0.1) is 0 Å². The molecule has 0 saturated heterocycles. The molecule has 0 aliphatic rings. The average Bonchev–Trinajstić information content (AvgIpc) is 2.30. The molecule has 4 nitrogen and oxygen atoms in total. The van der Waals surface area contributed by atoms with Crippen molar-refractivity contribution in [3.05, 3.63) is 30.3 Å². The third-order valence-corrected chi connectivity index (χ3v) is 2.31. The Kier molecular flexibility index (Phi) is 4.95. The first-order valence-corrected chi connectivity index (χ1v) is 5.35. The first-order valence-electron chi connectivity index (χ1n) is 5.35. The van der Waals surface area contributed by atoms with Gasteiger partial charge < -0.3 is 15.5 Å². The van der Waals surface area contributed by atoms with Crippen LogP contribution in [0.2, 0.25) is 0 Å². The zero-order chi connectivity index (χ0) is 12.0. The van der Waals surface area contributed by atoms with Crippen LogP contribution in [0.15, 0.2) is 30.3 Å². The number of benzene rings is 1. The molecule has 0 bridgehead atoms. The summed E-state index contributed by atoms with van der Waals surface area (Å²) in [4.78, 5) is 15.5. The van der Waals surface area contributed by atoms with Crippen molar-refractivity contribution in [2.75, 3.05) is 38.6 Å². The molecule has 0 fully saturated rings. The zero-order valence-corrected chi connectivity index (χ0v) is 9.89. The fourth-order valence-corrected chi connectivity index (χ4v) is 1.42. The van der Waals surface area contributed by atoms with Crippen molar-refractivity contribution in [2.24, 2.45) is 5.73 Å². The molecule has 88 valence electrons. The molecule has 1 amide bonds. The minimum absolute atomic E-state index is 0.0440. The summed E-state index contributed by atoms with van der Waals surface area (Å²) >= 11 is 0. The van der Waals surface area contributed by atoms with Gasteiger partial charge in [0.15, 0.2) is 0 Å². The van der Waals surface area contributed by atoms with Crippen LogP contribution in [0, 0.1) is 0 Å². The topological polar surface area (TPSA) is 49.6 Å². The highest BCUT2D eigenvalue weighted by molar-refractivity contribution is 5.94. The SMILES string of the molecule is CN(C)CCN(C(=O)CN)c1ccccc1. The van der Waals surface area contributed by atoms with Crippen molar-refractivity contribution >= 4 is 11.6 Å². The van der Waals surface area contributed by atoms with Crippen molar-refractivity contribution in [1.82, 2.24) is 4.90 Å². The maximum Gasteiger partial charge on any atom is 0.240 e. The van der Waals surface area contributed by atoms with Gasteiger partial charge in [0.05, 0.1) is 6.54 Å². The lowest BCUT2D eigenvalue weighted by Crippen LogP contribution is -2.40. The number of anilines is 1. The lowest BCUT2D eigenvalue weighted by Gasteiger charge is -2.23. The van der Waals surface area contributed by atoms with Gasteiger partial charge in [-0.25, -0.2) is 0 Å². The molecule has 0 saturated carbocycles. The first kappa shape index (κ1) is 12.7. The Labute approximate surface area is 96.6 Å². The second-order valence-corrected chi connectivity index (χ2v) is 3.89. The molecular weight excluding hydrogens is 202 g/mol. The number of carbonyl (C=O) groups is 1. The Bertz CT molecular complexity index is 324. The van der Waals surface area contributed by atoms with E-state index in [-0.39, 0.29) is 12.5 Å². The van der Waals surface area contributed by atoms with E-state index in [1.807, 2.05) is 49.3 Å². The number of amides is 1. The van der Waals surface area contributed by atoms with Crippen LogP contribution in [-0.4, -0.2) is 44.5 Å². The number of nitrogens with two attached hydrogens (primary N) is 1. The molecule has 16 heavy (non-hydrogen) atoms. The summed E-state index contributed by atoms with van der Waals surface area (Å²) in [6.45, 7) is 1.52. The summed E-state index contributed by atoms with van der Waals surface area (Å²) in [5, 5.41) is 0. The number of nitrogens with zero attached hydrogens (tertiary/aromatic N) is 2. The van der Waals surface area contributed by atoms with E-state index in [2.05, 4.69) is 0 Å². The molecule has 4 heteroatoms. The number of rotatable bonds is 5. The first-order chi connectivity index (χ1) is 7.65. The van der Waals surface area contributed by atoms with E-state index in [1.54, 1.807) is 4.90 Å². The summed E-state index contributed by atoms with van der Waals surface area (Å²) in [7, 11) is 3.96. The molecule has 0 aliphatic carbocycles. The lowest BCUT2D eigenvalue weighted by molar-refractivity contribution is -0.117. The van der Waals surface area contributed by atoms with Gasteiger partial charge in [-0.1, -0.05) is 18.2 Å². The molecule has 0 aliphatic heterocycles. The number of carbonyl (C=O) groups excluding carboxylic acids is 1. The highest BCUT2D eigenvalue weighted by Gasteiger charge is 2.13. The molecule has 0 atom stereocenters. The van der Waals surface area contributed by atoms with E-state index in [1.165, 1.54) is 0 Å². The van der Waals surface area contributed by atoms with Crippen molar-refractivity contribution in [3.8, 4) is 0 Å². The minimum atomic E-state index is -0.0481. The van der Waals surface area contributed by atoms with Gasteiger partial charge >= 0.3 is 0 Å². The van der Waals surface area contributed by atoms with Crippen molar-refractivity contribution in [1.29, 1.82) is 0 Å². The van der Waals surface area contributed by atoms with Crippen LogP contribution < -0.4 is 10.6 Å². The minimum Gasteiger partial charge on any atom is -0.322 e. The van der Waals surface area contributed by atoms with Crippen molar-refractivity contribution in [3.63, 3.8) is 0 Å². The van der Waals surface area contributed by atoms with Gasteiger partial charge in [-0.3, -0.25) is 4.79 Å². The number of likely N-dealkylation sites (N-methyl/N-ethyl adjacent to an activating group) is 1. The van der Waals surface area contributed by atoms with Crippen molar-refractivity contribution < 1.29 is 4.79 Å². The largest absolute Gasteiger partial charge is 0.322 e. The molecule has 1 aromatic rings. The predicted molar refractivity (Wildman–Crippen MR) is 66.4 cm³/mol. The third-order valence-electron chi connectivity index (χ3n) is 2.31. The van der Waals surface area contributed by atoms with Gasteiger partial charge in [-0.05, 0) is 26.2 Å². The number of para-hydroxylation sites is 1.